The fraction of sp³-hybridized carbons (Fsp3) is 0.818. The average molecular weight is 689 g/mol. The molecule has 49 heavy (non-hydrogen) atoms. The molecule has 0 saturated carbocycles. The maximum Gasteiger partial charge on any atom is 0.306 e. The molecule has 0 spiro atoms. The number of hydrogen-bond donors (Lipinski definition) is 1. The lowest BCUT2D eigenvalue weighted by atomic mass is 10.0. The van der Waals surface area contributed by atoms with Crippen molar-refractivity contribution in [2.24, 2.45) is 0 Å². The van der Waals surface area contributed by atoms with E-state index in [1.165, 1.54) is 135 Å². The summed E-state index contributed by atoms with van der Waals surface area (Å²) in [5, 5.41) is 9.56. The Kier molecular flexibility index (Phi) is 39.0. The van der Waals surface area contributed by atoms with Gasteiger partial charge < -0.3 is 14.6 Å². The molecule has 0 amide bonds. The Labute approximate surface area is 304 Å². The number of carbonyl (C=O) groups is 2. The molecule has 0 aromatic carbocycles. The Hall–Kier alpha value is -1.88. The van der Waals surface area contributed by atoms with Crippen molar-refractivity contribution < 1.29 is 24.2 Å². The van der Waals surface area contributed by atoms with Crippen molar-refractivity contribution in [2.45, 2.75) is 219 Å². The Morgan fingerprint density at radius 1 is 0.469 bits per heavy atom. The SMILES string of the molecule is CCCCC/C=C\CCCCCCCC(=O)OCC(CO)OC(=O)CCCCCCCCCCCCC/C=C\C/C=C\CCCCCCC. The van der Waals surface area contributed by atoms with Gasteiger partial charge in [-0.15, -0.1) is 0 Å². The maximum absolute atomic E-state index is 12.2. The van der Waals surface area contributed by atoms with Crippen LogP contribution in [0.15, 0.2) is 36.5 Å². The number of aliphatic hydroxyl groups excluding tert-OH is 1. The molecule has 1 N–H and O–H groups in total. The van der Waals surface area contributed by atoms with Crippen LogP contribution < -0.4 is 0 Å². The Morgan fingerprint density at radius 3 is 1.27 bits per heavy atom. The van der Waals surface area contributed by atoms with Crippen LogP contribution in [0.25, 0.3) is 0 Å². The number of allylic oxidation sites excluding steroid dienone is 6. The van der Waals surface area contributed by atoms with Gasteiger partial charge in [-0.05, 0) is 70.6 Å². The van der Waals surface area contributed by atoms with E-state index in [9.17, 15) is 14.7 Å². The van der Waals surface area contributed by atoms with E-state index in [2.05, 4.69) is 50.3 Å². The first-order valence-electron chi connectivity index (χ1n) is 21.0. The lowest BCUT2D eigenvalue weighted by molar-refractivity contribution is -0.161. The van der Waals surface area contributed by atoms with Crippen molar-refractivity contribution in [3.63, 3.8) is 0 Å². The van der Waals surface area contributed by atoms with Crippen LogP contribution >= 0.6 is 0 Å². The third kappa shape index (κ3) is 38.8. The second kappa shape index (κ2) is 40.5. The highest BCUT2D eigenvalue weighted by molar-refractivity contribution is 5.70. The molecule has 0 aliphatic rings. The molecule has 0 aliphatic heterocycles. The average Bonchev–Trinajstić information content (AvgIpc) is 3.10. The van der Waals surface area contributed by atoms with Gasteiger partial charge >= 0.3 is 11.9 Å². The molecule has 5 nitrogen and oxygen atoms in total. The molecule has 286 valence electrons. The van der Waals surface area contributed by atoms with Crippen molar-refractivity contribution in [1.29, 1.82) is 0 Å². The van der Waals surface area contributed by atoms with Crippen molar-refractivity contribution in [3.05, 3.63) is 36.5 Å². The van der Waals surface area contributed by atoms with Gasteiger partial charge in [0.25, 0.3) is 0 Å². The molecule has 0 heterocycles. The van der Waals surface area contributed by atoms with Crippen LogP contribution in [0.2, 0.25) is 0 Å². The minimum absolute atomic E-state index is 0.0695. The molecular formula is C44H80O5. The van der Waals surface area contributed by atoms with Crippen LogP contribution in [-0.2, 0) is 19.1 Å². The van der Waals surface area contributed by atoms with E-state index >= 15 is 0 Å². The first-order chi connectivity index (χ1) is 24.1. The third-order valence-corrected chi connectivity index (χ3v) is 9.16. The molecule has 0 bridgehead atoms. The summed E-state index contributed by atoms with van der Waals surface area (Å²) in [6, 6.07) is 0. The molecule has 0 saturated heterocycles. The maximum atomic E-state index is 12.2. The van der Waals surface area contributed by atoms with Crippen LogP contribution in [0.5, 0.6) is 0 Å². The molecule has 5 heteroatoms. The zero-order valence-corrected chi connectivity index (χ0v) is 32.5. The highest BCUT2D eigenvalue weighted by Crippen LogP contribution is 2.14. The van der Waals surface area contributed by atoms with Crippen molar-refractivity contribution in [2.75, 3.05) is 13.2 Å². The van der Waals surface area contributed by atoms with Crippen LogP contribution in [0.4, 0.5) is 0 Å². The predicted molar refractivity (Wildman–Crippen MR) is 210 cm³/mol. The van der Waals surface area contributed by atoms with E-state index in [0.29, 0.717) is 12.8 Å². The largest absolute Gasteiger partial charge is 0.462 e. The standard InChI is InChI=1S/C44H80O5/c1-3-5-7-9-11-13-15-17-18-19-20-21-22-23-24-25-26-27-29-31-33-35-37-39-44(47)49-42(40-45)41-48-43(46)38-36-34-32-30-28-16-14-12-10-8-6-4-2/h12,14-15,17,19-20,42,45H,3-11,13,16,18,21-41H2,1-2H3/b14-12-,17-15-,20-19-. The summed E-state index contributed by atoms with van der Waals surface area (Å²) < 4.78 is 10.6. The fourth-order valence-electron chi connectivity index (χ4n) is 5.93. The van der Waals surface area contributed by atoms with E-state index in [4.69, 9.17) is 9.47 Å². The van der Waals surface area contributed by atoms with Gasteiger partial charge in [0.15, 0.2) is 6.10 Å². The van der Waals surface area contributed by atoms with Crippen LogP contribution in [-0.4, -0.2) is 36.4 Å². The smallest absolute Gasteiger partial charge is 0.306 e. The summed E-state index contributed by atoms with van der Waals surface area (Å²) in [6.07, 6.45) is 49.3. The van der Waals surface area contributed by atoms with Crippen LogP contribution in [0, 0.1) is 0 Å². The van der Waals surface area contributed by atoms with Gasteiger partial charge in [0.2, 0.25) is 0 Å². The number of rotatable bonds is 38. The summed E-state index contributed by atoms with van der Waals surface area (Å²) in [4.78, 5) is 24.2. The van der Waals surface area contributed by atoms with Gasteiger partial charge in [0, 0.05) is 12.8 Å². The van der Waals surface area contributed by atoms with Crippen molar-refractivity contribution in [1.82, 2.24) is 0 Å². The van der Waals surface area contributed by atoms with E-state index in [1.807, 2.05) is 0 Å². The summed E-state index contributed by atoms with van der Waals surface area (Å²) in [7, 11) is 0. The molecule has 0 aliphatic carbocycles. The lowest BCUT2D eigenvalue weighted by Gasteiger charge is -2.15. The minimum atomic E-state index is -0.773. The molecule has 0 aromatic heterocycles. The highest BCUT2D eigenvalue weighted by Gasteiger charge is 2.16. The number of hydrogen-bond acceptors (Lipinski definition) is 5. The monoisotopic (exact) mass is 689 g/mol. The molecule has 0 fully saturated rings. The summed E-state index contributed by atoms with van der Waals surface area (Å²) in [5.74, 6) is -0.600. The quantitative estimate of drug-likeness (QED) is 0.0397. The van der Waals surface area contributed by atoms with E-state index in [-0.39, 0.29) is 25.2 Å². The number of esters is 2. The topological polar surface area (TPSA) is 72.8 Å². The predicted octanol–water partition coefficient (Wildman–Crippen LogP) is 13.2. The van der Waals surface area contributed by atoms with E-state index < -0.39 is 6.10 Å². The Bertz CT molecular complexity index is 786. The first kappa shape index (κ1) is 47.1. The van der Waals surface area contributed by atoms with Gasteiger partial charge in [-0.2, -0.15) is 0 Å². The fourth-order valence-corrected chi connectivity index (χ4v) is 5.93. The molecule has 1 atom stereocenters. The number of ether oxygens (including phenoxy) is 2. The summed E-state index contributed by atoms with van der Waals surface area (Å²) in [5.41, 5.74) is 0. The molecular weight excluding hydrogens is 608 g/mol. The van der Waals surface area contributed by atoms with Gasteiger partial charge in [-0.25, -0.2) is 0 Å². The number of carbonyl (C=O) groups excluding carboxylic acids is 2. The second-order valence-corrected chi connectivity index (χ2v) is 14.1. The van der Waals surface area contributed by atoms with Crippen LogP contribution in [0.1, 0.15) is 213 Å². The van der Waals surface area contributed by atoms with Gasteiger partial charge in [0.1, 0.15) is 6.61 Å². The van der Waals surface area contributed by atoms with Gasteiger partial charge in [0.05, 0.1) is 6.61 Å². The third-order valence-electron chi connectivity index (χ3n) is 9.16. The zero-order chi connectivity index (χ0) is 35.7. The van der Waals surface area contributed by atoms with Crippen molar-refractivity contribution >= 4 is 11.9 Å². The highest BCUT2D eigenvalue weighted by atomic mass is 16.6. The minimum Gasteiger partial charge on any atom is -0.462 e. The Morgan fingerprint density at radius 2 is 0.816 bits per heavy atom. The van der Waals surface area contributed by atoms with Gasteiger partial charge in [-0.1, -0.05) is 166 Å². The zero-order valence-electron chi connectivity index (χ0n) is 32.5. The molecule has 1 unspecified atom stereocenters. The number of aliphatic hydroxyl groups is 1. The first-order valence-corrected chi connectivity index (χ1v) is 21.0. The molecule has 0 aromatic rings. The van der Waals surface area contributed by atoms with E-state index in [0.717, 1.165) is 51.4 Å². The molecule has 0 radical (unpaired) electrons. The van der Waals surface area contributed by atoms with E-state index in [1.54, 1.807) is 0 Å². The van der Waals surface area contributed by atoms with Gasteiger partial charge in [-0.3, -0.25) is 9.59 Å². The number of unbranched alkanes of at least 4 members (excludes halogenated alkanes) is 24. The Balaban J connectivity index is 3.52. The second-order valence-electron chi connectivity index (χ2n) is 14.1. The summed E-state index contributed by atoms with van der Waals surface area (Å²) in [6.45, 7) is 4.10. The molecule has 0 rings (SSSR count). The van der Waals surface area contributed by atoms with Crippen LogP contribution in [0.3, 0.4) is 0 Å². The lowest BCUT2D eigenvalue weighted by Crippen LogP contribution is -2.28. The summed E-state index contributed by atoms with van der Waals surface area (Å²) >= 11 is 0. The normalized spacial score (nSPS) is 12.5. The van der Waals surface area contributed by atoms with Crippen molar-refractivity contribution in [3.8, 4) is 0 Å².